The number of anilines is 3. The molecule has 0 aliphatic carbocycles. The minimum absolute atomic E-state index is 0.0126. The van der Waals surface area contributed by atoms with Crippen molar-refractivity contribution in [2.45, 2.75) is 6.04 Å². The molecule has 0 amide bonds. The summed E-state index contributed by atoms with van der Waals surface area (Å²) in [6.45, 7) is 0. The molecule has 0 fully saturated rings. The lowest BCUT2D eigenvalue weighted by Gasteiger charge is -2.19. The standard InChI is InChI=1S/C18H17ClFN9/c1-28-9-13(22-10-28)23-17-25-16(19)26-18(27-17)24-14(15-21-7-8-29(15)2)11-3-5-12(20)6-4-11/h3-10,14H,1-2H3,(H2,23,24,25,26,27)/t14-/m1/s1. The Balaban J connectivity index is 1.66. The van der Waals surface area contributed by atoms with Gasteiger partial charge in [-0.15, -0.1) is 0 Å². The smallest absolute Gasteiger partial charge is 0.234 e. The molecule has 0 aliphatic rings. The van der Waals surface area contributed by atoms with Crippen LogP contribution in [-0.4, -0.2) is 34.1 Å². The number of hydrogen-bond donors (Lipinski definition) is 2. The van der Waals surface area contributed by atoms with Crippen LogP contribution in [0.5, 0.6) is 0 Å². The van der Waals surface area contributed by atoms with E-state index in [0.29, 0.717) is 11.6 Å². The van der Waals surface area contributed by atoms with Crippen LogP contribution in [0.15, 0.2) is 49.2 Å². The lowest BCUT2D eigenvalue weighted by Crippen LogP contribution is -2.19. The van der Waals surface area contributed by atoms with E-state index in [-0.39, 0.29) is 23.0 Å². The van der Waals surface area contributed by atoms with Crippen LogP contribution in [0.4, 0.5) is 22.1 Å². The molecule has 0 radical (unpaired) electrons. The Bertz CT molecular complexity index is 1120. The number of imidazole rings is 2. The zero-order valence-electron chi connectivity index (χ0n) is 15.6. The number of hydrogen-bond acceptors (Lipinski definition) is 7. The predicted octanol–water partition coefficient (Wildman–Crippen LogP) is 3.08. The van der Waals surface area contributed by atoms with Crippen LogP contribution in [0.2, 0.25) is 5.28 Å². The normalized spacial score (nSPS) is 12.0. The summed E-state index contributed by atoms with van der Waals surface area (Å²) in [5.74, 6) is 1.43. The topological polar surface area (TPSA) is 98.4 Å². The third-order valence-corrected chi connectivity index (χ3v) is 4.32. The molecule has 2 N–H and O–H groups in total. The third kappa shape index (κ3) is 4.32. The van der Waals surface area contributed by atoms with E-state index in [1.807, 2.05) is 24.9 Å². The minimum atomic E-state index is -0.434. The quantitative estimate of drug-likeness (QED) is 0.501. The number of halogens is 2. The SMILES string of the molecule is Cn1cnc(Nc2nc(Cl)nc(N[C@H](c3ccc(F)cc3)c3nccn3C)n2)c1. The number of aromatic nitrogens is 7. The molecule has 0 saturated heterocycles. The van der Waals surface area contributed by atoms with Crippen molar-refractivity contribution < 1.29 is 4.39 Å². The highest BCUT2D eigenvalue weighted by Gasteiger charge is 2.20. The largest absolute Gasteiger partial charge is 0.340 e. The van der Waals surface area contributed by atoms with Gasteiger partial charge in [-0.25, -0.2) is 14.4 Å². The van der Waals surface area contributed by atoms with Crippen molar-refractivity contribution >= 4 is 29.3 Å². The van der Waals surface area contributed by atoms with Gasteiger partial charge in [-0.1, -0.05) is 12.1 Å². The van der Waals surface area contributed by atoms with Crippen LogP contribution < -0.4 is 10.6 Å². The van der Waals surface area contributed by atoms with Gasteiger partial charge in [-0.05, 0) is 29.3 Å². The van der Waals surface area contributed by atoms with E-state index in [2.05, 4.69) is 35.6 Å². The zero-order chi connectivity index (χ0) is 20.4. The van der Waals surface area contributed by atoms with Crippen molar-refractivity contribution in [2.24, 2.45) is 14.1 Å². The number of rotatable bonds is 6. The number of aryl methyl sites for hydroxylation is 2. The molecular formula is C18H17ClFN9. The summed E-state index contributed by atoms with van der Waals surface area (Å²) in [6, 6.07) is 5.70. The maximum absolute atomic E-state index is 13.4. The van der Waals surface area contributed by atoms with Gasteiger partial charge < -0.3 is 19.8 Å². The number of nitrogens with zero attached hydrogens (tertiary/aromatic N) is 7. The Morgan fingerprint density at radius 2 is 1.79 bits per heavy atom. The summed E-state index contributed by atoms with van der Waals surface area (Å²) in [4.78, 5) is 21.2. The second kappa shape index (κ2) is 7.84. The van der Waals surface area contributed by atoms with E-state index in [4.69, 9.17) is 11.6 Å². The molecule has 29 heavy (non-hydrogen) atoms. The van der Waals surface area contributed by atoms with Crippen molar-refractivity contribution in [3.8, 4) is 0 Å². The predicted molar refractivity (Wildman–Crippen MR) is 106 cm³/mol. The Labute approximate surface area is 170 Å². The summed E-state index contributed by atoms with van der Waals surface area (Å²) in [7, 11) is 3.72. The summed E-state index contributed by atoms with van der Waals surface area (Å²) in [5.41, 5.74) is 0.788. The molecule has 0 bridgehead atoms. The van der Waals surface area contributed by atoms with Crippen molar-refractivity contribution in [1.29, 1.82) is 0 Å². The van der Waals surface area contributed by atoms with Crippen molar-refractivity contribution in [3.63, 3.8) is 0 Å². The van der Waals surface area contributed by atoms with E-state index >= 15 is 0 Å². The molecular weight excluding hydrogens is 397 g/mol. The van der Waals surface area contributed by atoms with Crippen molar-refractivity contribution in [3.05, 3.63) is 71.7 Å². The lowest BCUT2D eigenvalue weighted by atomic mass is 10.1. The first-order valence-corrected chi connectivity index (χ1v) is 9.01. The molecule has 0 saturated carbocycles. The summed E-state index contributed by atoms with van der Waals surface area (Å²) in [5, 5.41) is 6.21. The van der Waals surface area contributed by atoms with Gasteiger partial charge in [-0.2, -0.15) is 15.0 Å². The molecule has 0 unspecified atom stereocenters. The van der Waals surface area contributed by atoms with Gasteiger partial charge in [0, 0.05) is 32.7 Å². The first-order chi connectivity index (χ1) is 14.0. The van der Waals surface area contributed by atoms with Gasteiger partial charge in [-0.3, -0.25) is 0 Å². The van der Waals surface area contributed by atoms with Gasteiger partial charge in [0.2, 0.25) is 17.2 Å². The fourth-order valence-corrected chi connectivity index (χ4v) is 2.96. The van der Waals surface area contributed by atoms with Crippen LogP contribution in [0.25, 0.3) is 0 Å². The maximum Gasteiger partial charge on any atom is 0.234 e. The second-order valence-corrected chi connectivity index (χ2v) is 6.66. The van der Waals surface area contributed by atoms with Crippen LogP contribution in [0.3, 0.4) is 0 Å². The Hall–Kier alpha value is -3.53. The number of nitrogens with one attached hydrogen (secondary N) is 2. The first-order valence-electron chi connectivity index (χ1n) is 8.64. The second-order valence-electron chi connectivity index (χ2n) is 6.33. The highest BCUT2D eigenvalue weighted by molar-refractivity contribution is 6.28. The van der Waals surface area contributed by atoms with Gasteiger partial charge in [0.1, 0.15) is 17.7 Å². The molecule has 9 nitrogen and oxygen atoms in total. The number of benzene rings is 1. The molecule has 3 aromatic heterocycles. The highest BCUT2D eigenvalue weighted by Crippen LogP contribution is 2.25. The fourth-order valence-electron chi connectivity index (χ4n) is 2.80. The molecule has 3 heterocycles. The zero-order valence-corrected chi connectivity index (χ0v) is 16.3. The average Bonchev–Trinajstić information content (AvgIpc) is 3.28. The molecule has 1 aromatic carbocycles. The molecule has 0 spiro atoms. The first kappa shape index (κ1) is 18.8. The van der Waals surface area contributed by atoms with E-state index < -0.39 is 6.04 Å². The molecule has 4 rings (SSSR count). The lowest BCUT2D eigenvalue weighted by molar-refractivity contribution is 0.626. The summed E-state index contributed by atoms with van der Waals surface area (Å²) in [6.07, 6.45) is 6.93. The highest BCUT2D eigenvalue weighted by atomic mass is 35.5. The Morgan fingerprint density at radius 1 is 1.03 bits per heavy atom. The monoisotopic (exact) mass is 413 g/mol. The molecule has 11 heteroatoms. The van der Waals surface area contributed by atoms with Crippen LogP contribution in [0, 0.1) is 5.82 Å². The summed E-state index contributed by atoms with van der Waals surface area (Å²) < 4.78 is 17.1. The third-order valence-electron chi connectivity index (χ3n) is 4.15. The maximum atomic E-state index is 13.4. The van der Waals surface area contributed by atoms with Gasteiger partial charge in [0.05, 0.1) is 6.33 Å². The van der Waals surface area contributed by atoms with Crippen LogP contribution >= 0.6 is 11.6 Å². The Kier molecular flexibility index (Phi) is 5.09. The van der Waals surface area contributed by atoms with Gasteiger partial charge in [0.15, 0.2) is 5.82 Å². The van der Waals surface area contributed by atoms with Crippen LogP contribution in [-0.2, 0) is 14.1 Å². The fraction of sp³-hybridized carbons (Fsp3) is 0.167. The minimum Gasteiger partial charge on any atom is -0.340 e. The van der Waals surface area contributed by atoms with Crippen molar-refractivity contribution in [1.82, 2.24) is 34.1 Å². The van der Waals surface area contributed by atoms with E-state index in [0.717, 1.165) is 5.56 Å². The average molecular weight is 414 g/mol. The molecule has 1 atom stereocenters. The van der Waals surface area contributed by atoms with Gasteiger partial charge >= 0.3 is 0 Å². The van der Waals surface area contributed by atoms with E-state index in [1.165, 1.54) is 12.1 Å². The van der Waals surface area contributed by atoms with E-state index in [1.54, 1.807) is 35.4 Å². The van der Waals surface area contributed by atoms with E-state index in [9.17, 15) is 4.39 Å². The summed E-state index contributed by atoms with van der Waals surface area (Å²) >= 11 is 6.09. The molecule has 4 aromatic rings. The molecule has 148 valence electrons. The van der Waals surface area contributed by atoms with Crippen LogP contribution in [0.1, 0.15) is 17.4 Å². The Morgan fingerprint density at radius 3 is 2.45 bits per heavy atom. The van der Waals surface area contributed by atoms with Gasteiger partial charge in [0.25, 0.3) is 0 Å². The van der Waals surface area contributed by atoms with Crippen molar-refractivity contribution in [2.75, 3.05) is 10.6 Å². The molecule has 0 aliphatic heterocycles.